The van der Waals surface area contributed by atoms with E-state index in [0.717, 1.165) is 18.4 Å². The lowest BCUT2D eigenvalue weighted by Gasteiger charge is -2.32. The number of hydrogen-bond donors (Lipinski definition) is 2. The van der Waals surface area contributed by atoms with E-state index in [0.29, 0.717) is 41.2 Å². The Balaban J connectivity index is 1.38. The van der Waals surface area contributed by atoms with Crippen molar-refractivity contribution >= 4 is 22.8 Å². The van der Waals surface area contributed by atoms with E-state index in [1.165, 1.54) is 22.8 Å². The molecule has 12 nitrogen and oxygen atoms in total. The molecular weight excluding hydrogens is 542 g/mol. The highest BCUT2D eigenvalue weighted by Gasteiger charge is 2.34. The number of carbonyl (C=O) groups is 2. The fourth-order valence-corrected chi connectivity index (χ4v) is 5.27. The molecule has 2 N–H and O–H groups in total. The molecule has 12 heteroatoms. The molecule has 2 atom stereocenters. The van der Waals surface area contributed by atoms with E-state index in [1.54, 1.807) is 24.3 Å². The Kier molecular flexibility index (Phi) is 7.78. The fourth-order valence-electron chi connectivity index (χ4n) is 5.27. The van der Waals surface area contributed by atoms with Crippen LogP contribution in [0, 0.1) is 0 Å². The third-order valence-corrected chi connectivity index (χ3v) is 7.42. The molecule has 2 aliphatic rings. The van der Waals surface area contributed by atoms with Gasteiger partial charge >= 0.3 is 0 Å². The number of rotatable bonds is 10. The van der Waals surface area contributed by atoms with Gasteiger partial charge in [-0.1, -0.05) is 29.5 Å². The van der Waals surface area contributed by atoms with Gasteiger partial charge in [-0.2, -0.15) is 0 Å². The van der Waals surface area contributed by atoms with Crippen LogP contribution >= 0.6 is 0 Å². The number of ether oxygens (including phenoxy) is 4. The summed E-state index contributed by atoms with van der Waals surface area (Å²) in [6.45, 7) is 0.992. The van der Waals surface area contributed by atoms with E-state index < -0.39 is 11.9 Å². The molecule has 2 unspecified atom stereocenters. The number of aromatic nitrogens is 3. The van der Waals surface area contributed by atoms with Gasteiger partial charge in [-0.25, -0.2) is 4.68 Å². The molecule has 218 valence electrons. The third kappa shape index (κ3) is 5.66. The van der Waals surface area contributed by atoms with Gasteiger partial charge in [-0.3, -0.25) is 9.59 Å². The first-order chi connectivity index (χ1) is 20.5. The second-order valence-electron chi connectivity index (χ2n) is 10.2. The van der Waals surface area contributed by atoms with Gasteiger partial charge in [0.25, 0.3) is 0 Å². The second kappa shape index (κ2) is 12.0. The quantitative estimate of drug-likeness (QED) is 0.293. The van der Waals surface area contributed by atoms with Gasteiger partial charge in [0.05, 0.1) is 18.7 Å². The normalized spacial score (nSPS) is 16.4. The van der Waals surface area contributed by atoms with Crippen LogP contribution in [0.1, 0.15) is 30.0 Å². The van der Waals surface area contributed by atoms with Gasteiger partial charge in [0.1, 0.15) is 18.1 Å². The third-order valence-electron chi connectivity index (χ3n) is 7.42. The fraction of sp³-hybridized carbons (Fsp3) is 0.333. The van der Waals surface area contributed by atoms with Gasteiger partial charge in [0.15, 0.2) is 23.0 Å². The van der Waals surface area contributed by atoms with Crippen molar-refractivity contribution in [2.75, 3.05) is 27.1 Å². The summed E-state index contributed by atoms with van der Waals surface area (Å²) < 4.78 is 23.6. The van der Waals surface area contributed by atoms with Crippen LogP contribution in [-0.2, 0) is 27.4 Å². The number of hydrogen-bond acceptors (Lipinski definition) is 9. The molecule has 6 rings (SSSR count). The van der Waals surface area contributed by atoms with Crippen molar-refractivity contribution in [3.63, 3.8) is 0 Å². The Hall–Kier alpha value is -4.84. The van der Waals surface area contributed by atoms with Crippen LogP contribution in [0.15, 0.2) is 60.7 Å². The van der Waals surface area contributed by atoms with Crippen molar-refractivity contribution in [1.82, 2.24) is 25.2 Å². The van der Waals surface area contributed by atoms with Crippen LogP contribution in [-0.4, -0.2) is 70.0 Å². The summed E-state index contributed by atoms with van der Waals surface area (Å²) >= 11 is 0. The number of para-hydroxylation sites is 1. The Morgan fingerprint density at radius 3 is 2.83 bits per heavy atom. The topological polar surface area (TPSA) is 137 Å². The second-order valence-corrected chi connectivity index (χ2v) is 10.2. The van der Waals surface area contributed by atoms with Crippen LogP contribution in [0.2, 0.25) is 0 Å². The number of methoxy groups -OCH3 is 1. The molecule has 1 fully saturated rings. The highest BCUT2D eigenvalue weighted by atomic mass is 16.7. The molecule has 1 saturated heterocycles. The minimum Gasteiger partial charge on any atom is -0.504 e. The van der Waals surface area contributed by atoms with Gasteiger partial charge < -0.3 is 34.3 Å². The number of amides is 2. The Morgan fingerprint density at radius 1 is 1.14 bits per heavy atom. The van der Waals surface area contributed by atoms with E-state index in [2.05, 4.69) is 15.6 Å². The summed E-state index contributed by atoms with van der Waals surface area (Å²) in [5, 5.41) is 21.6. The summed E-state index contributed by atoms with van der Waals surface area (Å²) in [6, 6.07) is 16.3. The predicted molar refractivity (Wildman–Crippen MR) is 150 cm³/mol. The minimum absolute atomic E-state index is 0.0727. The molecule has 1 aromatic heterocycles. The predicted octanol–water partition coefficient (Wildman–Crippen LogP) is 2.94. The Bertz CT molecular complexity index is 1600. The van der Waals surface area contributed by atoms with Crippen LogP contribution in [0.3, 0.4) is 0 Å². The molecule has 3 heterocycles. The van der Waals surface area contributed by atoms with Gasteiger partial charge in [0, 0.05) is 19.7 Å². The van der Waals surface area contributed by atoms with E-state index >= 15 is 0 Å². The van der Waals surface area contributed by atoms with E-state index in [4.69, 9.17) is 18.9 Å². The standard InChI is InChI=1S/C30H31N5O7/c1-39-26-14-20(9-10-24(26)36)29(30(38)31-15-21-5-4-12-40-21)34(16-19-8-11-25-27(13-19)42-18-41-25)28(37)17-35-23-7-3-2-6-22(23)32-33-35/h2-3,6-11,13-14,21,29,36H,4-5,12,15-18H2,1H3,(H,31,38). The lowest BCUT2D eigenvalue weighted by molar-refractivity contribution is -0.142. The maximum Gasteiger partial charge on any atom is 0.247 e. The van der Waals surface area contributed by atoms with Crippen molar-refractivity contribution in [3.8, 4) is 23.0 Å². The van der Waals surface area contributed by atoms with Crippen molar-refractivity contribution in [2.24, 2.45) is 0 Å². The van der Waals surface area contributed by atoms with Crippen molar-refractivity contribution in [1.29, 1.82) is 0 Å². The summed E-state index contributed by atoms with van der Waals surface area (Å²) in [5.74, 6) is 0.515. The SMILES string of the molecule is COc1cc(C(C(=O)NCC2CCCO2)N(Cc2ccc3c(c2)OCO3)C(=O)Cn2nnc3ccccc32)ccc1O. The average molecular weight is 574 g/mol. The molecule has 0 aliphatic carbocycles. The van der Waals surface area contributed by atoms with Gasteiger partial charge in [-0.15, -0.1) is 5.10 Å². The summed E-state index contributed by atoms with van der Waals surface area (Å²) in [6.07, 6.45) is 1.68. The molecule has 0 spiro atoms. The van der Waals surface area contributed by atoms with Gasteiger partial charge in [0.2, 0.25) is 18.6 Å². The minimum atomic E-state index is -1.08. The van der Waals surface area contributed by atoms with Crippen LogP contribution in [0.5, 0.6) is 23.0 Å². The number of nitrogens with zero attached hydrogens (tertiary/aromatic N) is 4. The zero-order chi connectivity index (χ0) is 29.1. The number of aromatic hydroxyl groups is 1. The van der Waals surface area contributed by atoms with E-state index in [-0.39, 0.29) is 43.4 Å². The molecule has 42 heavy (non-hydrogen) atoms. The van der Waals surface area contributed by atoms with Crippen LogP contribution in [0.4, 0.5) is 0 Å². The molecule has 2 amide bonds. The number of phenols is 1. The lowest BCUT2D eigenvalue weighted by atomic mass is 10.0. The van der Waals surface area contributed by atoms with Gasteiger partial charge in [-0.05, 0) is 60.4 Å². The van der Waals surface area contributed by atoms with Crippen molar-refractivity contribution < 1.29 is 33.6 Å². The average Bonchev–Trinajstić information content (AvgIpc) is 3.78. The van der Waals surface area contributed by atoms with Crippen molar-refractivity contribution in [3.05, 3.63) is 71.8 Å². The molecule has 0 bridgehead atoms. The number of carbonyl (C=O) groups excluding carboxylic acids is 2. The largest absolute Gasteiger partial charge is 0.504 e. The molecule has 4 aromatic rings. The van der Waals surface area contributed by atoms with E-state index in [9.17, 15) is 14.7 Å². The first-order valence-electron chi connectivity index (χ1n) is 13.7. The first-order valence-corrected chi connectivity index (χ1v) is 13.7. The number of phenolic OH excluding ortho intramolecular Hbond substituents is 1. The molecule has 3 aromatic carbocycles. The summed E-state index contributed by atoms with van der Waals surface area (Å²) in [5.41, 5.74) is 2.55. The van der Waals surface area contributed by atoms with Crippen LogP contribution in [0.25, 0.3) is 11.0 Å². The summed E-state index contributed by atoms with van der Waals surface area (Å²) in [4.78, 5) is 29.7. The monoisotopic (exact) mass is 573 g/mol. The molecular formula is C30H31N5O7. The Morgan fingerprint density at radius 2 is 2.00 bits per heavy atom. The van der Waals surface area contributed by atoms with Crippen molar-refractivity contribution in [2.45, 2.75) is 38.1 Å². The highest BCUT2D eigenvalue weighted by molar-refractivity contribution is 5.89. The first kappa shape index (κ1) is 27.3. The zero-order valence-corrected chi connectivity index (χ0v) is 23.1. The molecule has 2 aliphatic heterocycles. The van der Waals surface area contributed by atoms with Crippen LogP contribution < -0.4 is 19.5 Å². The lowest BCUT2D eigenvalue weighted by Crippen LogP contribution is -2.46. The Labute approximate surface area is 241 Å². The number of nitrogens with one attached hydrogen (secondary N) is 1. The maximum atomic E-state index is 14.2. The number of benzene rings is 3. The van der Waals surface area contributed by atoms with E-state index in [1.807, 2.05) is 30.3 Å². The number of fused-ring (bicyclic) bond motifs is 2. The highest BCUT2D eigenvalue weighted by Crippen LogP contribution is 2.35. The molecule has 0 radical (unpaired) electrons. The zero-order valence-electron chi connectivity index (χ0n) is 23.1. The summed E-state index contributed by atoms with van der Waals surface area (Å²) in [7, 11) is 1.43. The smallest absolute Gasteiger partial charge is 0.247 e. The molecule has 0 saturated carbocycles. The maximum absolute atomic E-state index is 14.2.